The number of aromatic nitrogens is 2. The van der Waals surface area contributed by atoms with E-state index in [2.05, 4.69) is 22.2 Å². The molecular weight excluding hydrogens is 283 g/mol. The topological polar surface area (TPSA) is 63.8 Å². The van der Waals surface area contributed by atoms with Crippen molar-refractivity contribution in [1.82, 2.24) is 9.97 Å². The highest BCUT2D eigenvalue weighted by atomic mass is 35.5. The summed E-state index contributed by atoms with van der Waals surface area (Å²) in [6.07, 6.45) is 3.18. The van der Waals surface area contributed by atoms with Gasteiger partial charge in [-0.2, -0.15) is 0 Å². The van der Waals surface area contributed by atoms with Crippen LogP contribution < -0.4 is 11.1 Å². The largest absolute Gasteiger partial charge is 0.383 e. The fraction of sp³-hybridized carbons (Fsp3) is 0.231. The fourth-order valence-electron chi connectivity index (χ4n) is 1.76. The molecule has 1 heterocycles. The third-order valence-electron chi connectivity index (χ3n) is 2.68. The van der Waals surface area contributed by atoms with Gasteiger partial charge in [-0.1, -0.05) is 42.6 Å². The Hall–Kier alpha value is -1.52. The maximum atomic E-state index is 6.14. The molecule has 0 saturated heterocycles. The number of nitrogens with two attached hydrogens (primary N) is 1. The molecule has 0 radical (unpaired) electrons. The van der Waals surface area contributed by atoms with E-state index in [-0.39, 0.29) is 0 Å². The zero-order valence-electron chi connectivity index (χ0n) is 10.5. The van der Waals surface area contributed by atoms with E-state index in [0.717, 1.165) is 18.4 Å². The first-order chi connectivity index (χ1) is 9.13. The highest BCUT2D eigenvalue weighted by molar-refractivity contribution is 6.43. The van der Waals surface area contributed by atoms with Gasteiger partial charge in [-0.3, -0.25) is 0 Å². The predicted molar refractivity (Wildman–Crippen MR) is 80.2 cm³/mol. The van der Waals surface area contributed by atoms with Crippen LogP contribution in [0.2, 0.25) is 10.0 Å². The van der Waals surface area contributed by atoms with Gasteiger partial charge in [0, 0.05) is 5.56 Å². The van der Waals surface area contributed by atoms with Crippen molar-refractivity contribution in [2.75, 3.05) is 11.1 Å². The lowest BCUT2D eigenvalue weighted by Gasteiger charge is -2.13. The molecule has 0 aliphatic carbocycles. The molecule has 0 spiro atoms. The van der Waals surface area contributed by atoms with Crippen LogP contribution in [0.25, 0.3) is 0 Å². The Morgan fingerprint density at radius 1 is 1.26 bits per heavy atom. The zero-order chi connectivity index (χ0) is 13.8. The Balaban J connectivity index is 2.38. The van der Waals surface area contributed by atoms with Gasteiger partial charge in [0.1, 0.15) is 18.0 Å². The van der Waals surface area contributed by atoms with Gasteiger partial charge in [-0.05, 0) is 18.6 Å². The third kappa shape index (κ3) is 3.08. The average molecular weight is 297 g/mol. The Labute approximate surface area is 122 Å². The first-order valence-corrected chi connectivity index (χ1v) is 6.69. The van der Waals surface area contributed by atoms with E-state index in [1.165, 1.54) is 6.33 Å². The molecule has 0 bridgehead atoms. The van der Waals surface area contributed by atoms with Crippen LogP contribution in [0, 0.1) is 0 Å². The average Bonchev–Trinajstić information content (AvgIpc) is 2.39. The quantitative estimate of drug-likeness (QED) is 0.893. The van der Waals surface area contributed by atoms with Crippen molar-refractivity contribution in [1.29, 1.82) is 0 Å². The van der Waals surface area contributed by atoms with Gasteiger partial charge in [-0.15, -0.1) is 0 Å². The molecule has 0 unspecified atom stereocenters. The summed E-state index contributed by atoms with van der Waals surface area (Å²) in [5.74, 6) is 1.15. The molecule has 2 rings (SSSR count). The van der Waals surface area contributed by atoms with Crippen molar-refractivity contribution in [3.05, 3.63) is 40.1 Å². The molecule has 0 atom stereocenters. The SMILES string of the molecule is CCCc1c(N)ncnc1Nc1cccc(Cl)c1Cl. The van der Waals surface area contributed by atoms with Crippen LogP contribution in [-0.2, 0) is 6.42 Å². The van der Waals surface area contributed by atoms with Crippen LogP contribution in [0.3, 0.4) is 0 Å². The van der Waals surface area contributed by atoms with Gasteiger partial charge in [0.2, 0.25) is 0 Å². The van der Waals surface area contributed by atoms with E-state index in [4.69, 9.17) is 28.9 Å². The second-order valence-corrected chi connectivity index (χ2v) is 4.85. The van der Waals surface area contributed by atoms with Crippen molar-refractivity contribution in [3.63, 3.8) is 0 Å². The molecule has 1 aromatic carbocycles. The number of benzene rings is 1. The Morgan fingerprint density at radius 3 is 2.79 bits per heavy atom. The molecule has 0 aliphatic heterocycles. The molecule has 0 saturated carbocycles. The maximum Gasteiger partial charge on any atom is 0.139 e. The van der Waals surface area contributed by atoms with Crippen LogP contribution in [0.15, 0.2) is 24.5 Å². The molecule has 19 heavy (non-hydrogen) atoms. The van der Waals surface area contributed by atoms with Crippen molar-refractivity contribution in [3.8, 4) is 0 Å². The van der Waals surface area contributed by atoms with Gasteiger partial charge in [-0.25, -0.2) is 9.97 Å². The smallest absolute Gasteiger partial charge is 0.139 e. The summed E-state index contributed by atoms with van der Waals surface area (Å²) in [4.78, 5) is 8.23. The number of rotatable bonds is 4. The minimum Gasteiger partial charge on any atom is -0.383 e. The van der Waals surface area contributed by atoms with E-state index < -0.39 is 0 Å². The second kappa shape index (κ2) is 6.08. The Morgan fingerprint density at radius 2 is 2.05 bits per heavy atom. The first kappa shape index (κ1) is 13.9. The molecule has 1 aromatic heterocycles. The lowest BCUT2D eigenvalue weighted by molar-refractivity contribution is 0.908. The molecular formula is C13H14Cl2N4. The molecule has 0 fully saturated rings. The van der Waals surface area contributed by atoms with E-state index in [1.807, 2.05) is 12.1 Å². The summed E-state index contributed by atoms with van der Waals surface area (Å²) in [5, 5.41) is 4.11. The summed E-state index contributed by atoms with van der Waals surface area (Å²) in [7, 11) is 0. The maximum absolute atomic E-state index is 6.14. The molecule has 3 N–H and O–H groups in total. The van der Waals surface area contributed by atoms with Crippen LogP contribution in [-0.4, -0.2) is 9.97 Å². The van der Waals surface area contributed by atoms with Crippen LogP contribution in [0.4, 0.5) is 17.3 Å². The van der Waals surface area contributed by atoms with Gasteiger partial charge in [0.15, 0.2) is 0 Å². The molecule has 6 heteroatoms. The lowest BCUT2D eigenvalue weighted by Crippen LogP contribution is -2.05. The lowest BCUT2D eigenvalue weighted by atomic mass is 10.1. The number of anilines is 3. The van der Waals surface area contributed by atoms with Crippen LogP contribution in [0.5, 0.6) is 0 Å². The van der Waals surface area contributed by atoms with Crippen molar-refractivity contribution < 1.29 is 0 Å². The van der Waals surface area contributed by atoms with Crippen molar-refractivity contribution in [2.45, 2.75) is 19.8 Å². The summed E-state index contributed by atoms with van der Waals surface area (Å²) in [6.45, 7) is 2.07. The van der Waals surface area contributed by atoms with Gasteiger partial charge in [0.25, 0.3) is 0 Å². The monoisotopic (exact) mass is 296 g/mol. The molecule has 100 valence electrons. The first-order valence-electron chi connectivity index (χ1n) is 5.93. The number of nitrogens with zero attached hydrogens (tertiary/aromatic N) is 2. The minimum atomic E-state index is 0.462. The van der Waals surface area contributed by atoms with Crippen molar-refractivity contribution >= 4 is 40.5 Å². The number of hydrogen-bond donors (Lipinski definition) is 2. The molecule has 2 aromatic rings. The van der Waals surface area contributed by atoms with Crippen LogP contribution >= 0.6 is 23.2 Å². The van der Waals surface area contributed by atoms with E-state index in [1.54, 1.807) is 6.07 Å². The highest BCUT2D eigenvalue weighted by Crippen LogP contribution is 2.32. The summed E-state index contributed by atoms with van der Waals surface area (Å²) in [6, 6.07) is 5.39. The predicted octanol–water partition coefficient (Wildman–Crippen LogP) is 4.06. The standard InChI is InChI=1S/C13H14Cl2N4/c1-2-4-8-12(16)17-7-18-13(8)19-10-6-3-5-9(14)11(10)15/h3,5-7H,2,4H2,1H3,(H3,16,17,18,19). The molecule has 0 aliphatic rings. The number of hydrogen-bond acceptors (Lipinski definition) is 4. The Kier molecular flexibility index (Phi) is 4.45. The second-order valence-electron chi connectivity index (χ2n) is 4.06. The van der Waals surface area contributed by atoms with Crippen LogP contribution in [0.1, 0.15) is 18.9 Å². The fourth-order valence-corrected chi connectivity index (χ4v) is 2.11. The van der Waals surface area contributed by atoms with Gasteiger partial charge in [0.05, 0.1) is 15.7 Å². The zero-order valence-corrected chi connectivity index (χ0v) is 12.0. The molecule has 4 nitrogen and oxygen atoms in total. The summed E-state index contributed by atoms with van der Waals surface area (Å²) in [5.41, 5.74) is 7.47. The number of nitrogen functional groups attached to an aromatic ring is 1. The summed E-state index contributed by atoms with van der Waals surface area (Å²) >= 11 is 12.1. The minimum absolute atomic E-state index is 0.462. The van der Waals surface area contributed by atoms with E-state index in [0.29, 0.717) is 27.4 Å². The molecule has 0 amide bonds. The van der Waals surface area contributed by atoms with Gasteiger partial charge < -0.3 is 11.1 Å². The highest BCUT2D eigenvalue weighted by Gasteiger charge is 2.11. The third-order valence-corrected chi connectivity index (χ3v) is 3.50. The summed E-state index contributed by atoms with van der Waals surface area (Å²) < 4.78 is 0. The van der Waals surface area contributed by atoms with Crippen molar-refractivity contribution in [2.24, 2.45) is 0 Å². The van der Waals surface area contributed by atoms with E-state index in [9.17, 15) is 0 Å². The Bertz CT molecular complexity index is 587. The normalized spacial score (nSPS) is 10.5. The van der Waals surface area contributed by atoms with E-state index >= 15 is 0 Å². The van der Waals surface area contributed by atoms with Gasteiger partial charge >= 0.3 is 0 Å². The number of halogens is 2. The number of nitrogens with one attached hydrogen (secondary N) is 1.